The van der Waals surface area contributed by atoms with E-state index in [1.807, 2.05) is 11.8 Å². The molecule has 0 amide bonds. The van der Waals surface area contributed by atoms with E-state index in [4.69, 9.17) is 4.74 Å². The normalized spacial score (nSPS) is 12.7. The van der Waals surface area contributed by atoms with E-state index in [1.165, 1.54) is 17.5 Å². The van der Waals surface area contributed by atoms with E-state index in [0.29, 0.717) is 11.2 Å². The van der Waals surface area contributed by atoms with E-state index in [0.717, 1.165) is 24.6 Å². The molecule has 0 saturated carbocycles. The van der Waals surface area contributed by atoms with Gasteiger partial charge in [-0.1, -0.05) is 33.8 Å². The van der Waals surface area contributed by atoms with Crippen LogP contribution >= 0.6 is 11.8 Å². The molecule has 0 heterocycles. The summed E-state index contributed by atoms with van der Waals surface area (Å²) in [5, 5.41) is 4.12. The second kappa shape index (κ2) is 9.30. The molecule has 3 heteroatoms. The molecule has 1 unspecified atom stereocenters. The maximum Gasteiger partial charge on any atom is 0.122 e. The van der Waals surface area contributed by atoms with Crippen molar-refractivity contribution in [3.05, 3.63) is 29.3 Å². The van der Waals surface area contributed by atoms with Crippen molar-refractivity contribution < 1.29 is 4.74 Å². The van der Waals surface area contributed by atoms with Crippen LogP contribution in [0.3, 0.4) is 0 Å². The van der Waals surface area contributed by atoms with Crippen molar-refractivity contribution in [1.82, 2.24) is 5.32 Å². The minimum absolute atomic E-state index is 0.668. The molecule has 0 bridgehead atoms. The third-order valence-corrected chi connectivity index (χ3v) is 5.09. The molecule has 0 aliphatic carbocycles. The van der Waals surface area contributed by atoms with Crippen molar-refractivity contribution in [2.24, 2.45) is 5.92 Å². The first kappa shape index (κ1) is 17.4. The summed E-state index contributed by atoms with van der Waals surface area (Å²) in [6.45, 7) is 11.1. The smallest absolute Gasteiger partial charge is 0.122 e. The summed E-state index contributed by atoms with van der Waals surface area (Å²) in [5.74, 6) is 2.73. The van der Waals surface area contributed by atoms with E-state index in [2.05, 4.69) is 51.2 Å². The molecule has 0 saturated heterocycles. The number of ether oxygens (including phenoxy) is 1. The van der Waals surface area contributed by atoms with Crippen LogP contribution in [0.2, 0.25) is 0 Å². The summed E-state index contributed by atoms with van der Waals surface area (Å²) in [5.41, 5.74) is 2.65. The molecule has 1 atom stereocenters. The number of thioether (sulfide) groups is 1. The SMILES string of the molecule is CCCNCc1ccc(OC)c(CSC(C)C(C)C)c1. The van der Waals surface area contributed by atoms with Crippen molar-refractivity contribution in [1.29, 1.82) is 0 Å². The molecular weight excluding hydrogens is 266 g/mol. The quantitative estimate of drug-likeness (QED) is 0.679. The van der Waals surface area contributed by atoms with E-state index in [9.17, 15) is 0 Å². The van der Waals surface area contributed by atoms with Gasteiger partial charge >= 0.3 is 0 Å². The Kier molecular flexibility index (Phi) is 8.08. The lowest BCUT2D eigenvalue weighted by Crippen LogP contribution is -2.14. The van der Waals surface area contributed by atoms with Crippen LogP contribution in [0, 0.1) is 5.92 Å². The van der Waals surface area contributed by atoms with Gasteiger partial charge in [-0.2, -0.15) is 11.8 Å². The van der Waals surface area contributed by atoms with Gasteiger partial charge in [-0.25, -0.2) is 0 Å². The molecule has 2 nitrogen and oxygen atoms in total. The average Bonchev–Trinajstić information content (AvgIpc) is 2.45. The lowest BCUT2D eigenvalue weighted by Gasteiger charge is -2.17. The molecule has 1 rings (SSSR count). The monoisotopic (exact) mass is 295 g/mol. The van der Waals surface area contributed by atoms with Crippen LogP contribution in [0.1, 0.15) is 45.2 Å². The highest BCUT2D eigenvalue weighted by molar-refractivity contribution is 7.99. The lowest BCUT2D eigenvalue weighted by molar-refractivity contribution is 0.411. The second-order valence-electron chi connectivity index (χ2n) is 5.58. The van der Waals surface area contributed by atoms with Gasteiger partial charge in [0.25, 0.3) is 0 Å². The fourth-order valence-corrected chi connectivity index (χ4v) is 2.93. The predicted octanol–water partition coefficient (Wildman–Crippen LogP) is 4.47. The van der Waals surface area contributed by atoms with Crippen molar-refractivity contribution in [3.63, 3.8) is 0 Å². The molecule has 0 aliphatic rings. The summed E-state index contributed by atoms with van der Waals surface area (Å²) in [6.07, 6.45) is 1.17. The fourth-order valence-electron chi connectivity index (χ4n) is 1.88. The Labute approximate surface area is 128 Å². The summed E-state index contributed by atoms with van der Waals surface area (Å²) in [7, 11) is 1.75. The molecule has 114 valence electrons. The summed E-state index contributed by atoms with van der Waals surface area (Å²) >= 11 is 2.00. The fraction of sp³-hybridized carbons (Fsp3) is 0.647. The molecule has 20 heavy (non-hydrogen) atoms. The molecule has 0 aliphatic heterocycles. The number of benzene rings is 1. The minimum Gasteiger partial charge on any atom is -0.496 e. The molecule has 1 aromatic rings. The van der Waals surface area contributed by atoms with Crippen molar-refractivity contribution in [2.45, 2.75) is 51.7 Å². The molecular formula is C17H29NOS. The zero-order chi connectivity index (χ0) is 15.0. The number of hydrogen-bond donors (Lipinski definition) is 1. The lowest BCUT2D eigenvalue weighted by atomic mass is 10.1. The van der Waals surface area contributed by atoms with Gasteiger partial charge in [-0.15, -0.1) is 0 Å². The van der Waals surface area contributed by atoms with Crippen LogP contribution < -0.4 is 10.1 Å². The molecule has 1 N–H and O–H groups in total. The van der Waals surface area contributed by atoms with Crippen LogP contribution in [-0.2, 0) is 12.3 Å². The summed E-state index contributed by atoms with van der Waals surface area (Å²) in [4.78, 5) is 0. The van der Waals surface area contributed by atoms with Gasteiger partial charge in [0, 0.05) is 23.1 Å². The number of nitrogens with one attached hydrogen (secondary N) is 1. The predicted molar refractivity (Wildman–Crippen MR) is 90.6 cm³/mol. The van der Waals surface area contributed by atoms with Crippen LogP contribution in [0.25, 0.3) is 0 Å². The summed E-state index contributed by atoms with van der Waals surface area (Å²) < 4.78 is 5.48. The third kappa shape index (κ3) is 5.76. The Morgan fingerprint density at radius 1 is 1.25 bits per heavy atom. The Morgan fingerprint density at radius 3 is 2.60 bits per heavy atom. The average molecular weight is 295 g/mol. The Bertz CT molecular complexity index is 393. The largest absolute Gasteiger partial charge is 0.496 e. The first-order valence-corrected chi connectivity index (χ1v) is 8.61. The van der Waals surface area contributed by atoms with Crippen LogP contribution in [-0.4, -0.2) is 18.9 Å². The molecule has 0 fully saturated rings. The molecule has 0 spiro atoms. The third-order valence-electron chi connectivity index (χ3n) is 3.54. The van der Waals surface area contributed by atoms with Crippen LogP contribution in [0.4, 0.5) is 0 Å². The zero-order valence-corrected chi connectivity index (χ0v) is 14.3. The first-order chi connectivity index (χ1) is 9.58. The van der Waals surface area contributed by atoms with E-state index >= 15 is 0 Å². The van der Waals surface area contributed by atoms with Gasteiger partial charge in [0.05, 0.1) is 7.11 Å². The van der Waals surface area contributed by atoms with E-state index in [1.54, 1.807) is 7.11 Å². The summed E-state index contributed by atoms with van der Waals surface area (Å²) in [6, 6.07) is 6.53. The van der Waals surface area contributed by atoms with Crippen LogP contribution in [0.15, 0.2) is 18.2 Å². The standard InChI is InChI=1S/C17H29NOS/c1-6-9-18-11-15-7-8-17(19-5)16(10-15)12-20-14(4)13(2)3/h7-8,10,13-14,18H,6,9,11-12H2,1-5H3. The van der Waals surface area contributed by atoms with Crippen molar-refractivity contribution in [2.75, 3.05) is 13.7 Å². The highest BCUT2D eigenvalue weighted by Crippen LogP contribution is 2.28. The Balaban J connectivity index is 2.68. The number of hydrogen-bond acceptors (Lipinski definition) is 3. The molecule has 1 aromatic carbocycles. The van der Waals surface area contributed by atoms with Gasteiger partial charge in [-0.05, 0) is 36.6 Å². The second-order valence-corrected chi connectivity index (χ2v) is 6.95. The van der Waals surface area contributed by atoms with Crippen LogP contribution in [0.5, 0.6) is 5.75 Å². The number of rotatable bonds is 9. The van der Waals surface area contributed by atoms with E-state index in [-0.39, 0.29) is 0 Å². The minimum atomic E-state index is 0.668. The van der Waals surface area contributed by atoms with Gasteiger partial charge in [0.15, 0.2) is 0 Å². The highest BCUT2D eigenvalue weighted by Gasteiger charge is 2.10. The van der Waals surface area contributed by atoms with Gasteiger partial charge in [0.1, 0.15) is 5.75 Å². The molecule has 0 aromatic heterocycles. The highest BCUT2D eigenvalue weighted by atomic mass is 32.2. The zero-order valence-electron chi connectivity index (χ0n) is 13.5. The number of methoxy groups -OCH3 is 1. The van der Waals surface area contributed by atoms with Gasteiger partial charge in [0.2, 0.25) is 0 Å². The van der Waals surface area contributed by atoms with Gasteiger partial charge in [-0.3, -0.25) is 0 Å². The van der Waals surface area contributed by atoms with Crippen molar-refractivity contribution in [3.8, 4) is 5.75 Å². The van der Waals surface area contributed by atoms with Gasteiger partial charge < -0.3 is 10.1 Å². The maximum atomic E-state index is 5.48. The van der Waals surface area contributed by atoms with Crippen molar-refractivity contribution >= 4 is 11.8 Å². The topological polar surface area (TPSA) is 21.3 Å². The Morgan fingerprint density at radius 2 is 2.00 bits per heavy atom. The molecule has 0 radical (unpaired) electrons. The van der Waals surface area contributed by atoms with E-state index < -0.39 is 0 Å². The Hall–Kier alpha value is -0.670. The maximum absolute atomic E-state index is 5.48. The first-order valence-electron chi connectivity index (χ1n) is 7.56.